The van der Waals surface area contributed by atoms with Gasteiger partial charge >= 0.3 is 0 Å². The van der Waals surface area contributed by atoms with Crippen molar-refractivity contribution in [1.29, 1.82) is 0 Å². The largest absolute Gasteiger partial charge is 0.492 e. The number of nitro groups is 1. The molecule has 2 fully saturated rings. The van der Waals surface area contributed by atoms with Gasteiger partial charge in [0, 0.05) is 81.9 Å². The van der Waals surface area contributed by atoms with Crippen LogP contribution in [0, 0.1) is 16.0 Å². The number of piperazine rings is 1. The molecule has 326 valence electrons. The monoisotopic (exact) mass is 882 g/mol. The molecule has 2 aliphatic heterocycles. The van der Waals surface area contributed by atoms with Gasteiger partial charge in [-0.1, -0.05) is 48.0 Å². The van der Waals surface area contributed by atoms with Crippen LogP contribution < -0.4 is 24.4 Å². The van der Waals surface area contributed by atoms with E-state index in [1.165, 1.54) is 18.2 Å². The predicted octanol–water partition coefficient (Wildman–Crippen LogP) is 7.93. The number of nitrogens with zero attached hydrogens (tertiary/aromatic N) is 4. The van der Waals surface area contributed by atoms with Gasteiger partial charge in [0.1, 0.15) is 29.5 Å². The second-order valence-corrected chi connectivity index (χ2v) is 17.8. The molecule has 0 aromatic heterocycles. The maximum atomic E-state index is 13.8. The fraction of sp³-hybridized carbons (Fsp3) is 0.326. The molecule has 2 aliphatic rings. The molecule has 0 bridgehead atoms. The Morgan fingerprint density at radius 1 is 0.903 bits per heavy atom. The molecule has 1 amide bonds. The fourth-order valence-electron chi connectivity index (χ4n) is 7.47. The molecule has 0 spiro atoms. The molecule has 7 rings (SSSR count). The van der Waals surface area contributed by atoms with E-state index in [0.717, 1.165) is 66.7 Å². The van der Waals surface area contributed by atoms with E-state index in [-0.39, 0.29) is 22.9 Å². The summed E-state index contributed by atoms with van der Waals surface area (Å²) in [5, 5.41) is 15.8. The molecule has 5 aromatic carbocycles. The van der Waals surface area contributed by atoms with Gasteiger partial charge in [0.2, 0.25) is 0 Å². The zero-order valence-corrected chi connectivity index (χ0v) is 36.4. The van der Waals surface area contributed by atoms with Crippen LogP contribution in [0.4, 0.5) is 17.1 Å². The Morgan fingerprint density at radius 3 is 2.35 bits per heavy atom. The van der Waals surface area contributed by atoms with Gasteiger partial charge in [0.05, 0.1) is 15.4 Å². The van der Waals surface area contributed by atoms with Crippen molar-refractivity contribution in [2.45, 2.75) is 24.3 Å². The highest BCUT2D eigenvalue weighted by molar-refractivity contribution is 7.90. The number of para-hydroxylation sites is 1. The Bertz CT molecular complexity index is 2440. The molecule has 5 aromatic rings. The van der Waals surface area contributed by atoms with Crippen LogP contribution in [0.25, 0.3) is 11.1 Å². The van der Waals surface area contributed by atoms with Crippen molar-refractivity contribution in [2.75, 3.05) is 83.4 Å². The number of benzene rings is 5. The molecule has 14 nitrogen and oxygen atoms in total. The number of rotatable bonds is 17. The topological polar surface area (TPSA) is 156 Å². The highest BCUT2D eigenvalue weighted by atomic mass is 35.5. The number of carbonyl (C=O) groups excluding carboxylic acids is 1. The van der Waals surface area contributed by atoms with Gasteiger partial charge in [-0.25, -0.2) is 13.1 Å². The minimum Gasteiger partial charge on any atom is -0.492 e. The maximum absolute atomic E-state index is 13.8. The van der Waals surface area contributed by atoms with Gasteiger partial charge in [-0.2, -0.15) is 0 Å². The van der Waals surface area contributed by atoms with Crippen molar-refractivity contribution in [2.24, 2.45) is 5.92 Å². The van der Waals surface area contributed by atoms with Crippen LogP contribution in [0.2, 0.25) is 5.02 Å². The first-order valence-corrected chi connectivity index (χ1v) is 22.5. The van der Waals surface area contributed by atoms with Gasteiger partial charge in [-0.15, -0.1) is 0 Å². The molecule has 2 heterocycles. The molecule has 0 unspecified atom stereocenters. The van der Waals surface area contributed by atoms with Crippen molar-refractivity contribution < 1.29 is 32.3 Å². The molecular weight excluding hydrogens is 832 g/mol. The van der Waals surface area contributed by atoms with E-state index in [0.29, 0.717) is 56.8 Å². The van der Waals surface area contributed by atoms with Crippen molar-refractivity contribution in [1.82, 2.24) is 14.5 Å². The SMILES string of the molecule is CN(C)CCOc1ccc(-c2ccc(Cl)cc2)c(CN2CCN(c3ccc(C(=O)NS(=O)(=O)c4ccc(NCC5CCOCC5)c([N+](=O)[O-])c4)c(Oc4ccccc4)c3)CC2)c1. The summed E-state index contributed by atoms with van der Waals surface area (Å²) in [6.45, 7) is 6.67. The van der Waals surface area contributed by atoms with Crippen LogP contribution in [-0.4, -0.2) is 102 Å². The van der Waals surface area contributed by atoms with E-state index < -0.39 is 31.4 Å². The highest BCUT2D eigenvalue weighted by Gasteiger charge is 2.27. The normalized spacial score (nSPS) is 15.0. The molecule has 62 heavy (non-hydrogen) atoms. The van der Waals surface area contributed by atoms with E-state index in [4.69, 9.17) is 25.8 Å². The lowest BCUT2D eigenvalue weighted by molar-refractivity contribution is -0.384. The molecule has 0 aliphatic carbocycles. The first-order valence-electron chi connectivity index (χ1n) is 20.6. The van der Waals surface area contributed by atoms with Gasteiger partial charge in [-0.05, 0) is 110 Å². The maximum Gasteiger partial charge on any atom is 0.293 e. The molecular formula is C46H51ClN6O8S. The van der Waals surface area contributed by atoms with Crippen molar-refractivity contribution in [3.8, 4) is 28.4 Å². The number of likely N-dealkylation sites (N-methyl/N-ethyl adjacent to an activating group) is 1. The van der Waals surface area contributed by atoms with Gasteiger partial charge in [0.25, 0.3) is 21.6 Å². The minimum absolute atomic E-state index is 0.0218. The second-order valence-electron chi connectivity index (χ2n) is 15.6. The lowest BCUT2D eigenvalue weighted by Crippen LogP contribution is -2.46. The van der Waals surface area contributed by atoms with Gasteiger partial charge < -0.3 is 29.3 Å². The summed E-state index contributed by atoms with van der Waals surface area (Å²) in [6.07, 6.45) is 1.65. The van der Waals surface area contributed by atoms with Crippen molar-refractivity contribution >= 4 is 44.6 Å². The summed E-state index contributed by atoms with van der Waals surface area (Å²) in [4.78, 5) is 31.5. The smallest absolute Gasteiger partial charge is 0.293 e. The zero-order valence-electron chi connectivity index (χ0n) is 34.8. The third-order valence-electron chi connectivity index (χ3n) is 11.0. The van der Waals surface area contributed by atoms with Crippen LogP contribution in [0.1, 0.15) is 28.8 Å². The summed E-state index contributed by atoms with van der Waals surface area (Å²) in [5.74, 6) is 0.753. The minimum atomic E-state index is -4.54. The highest BCUT2D eigenvalue weighted by Crippen LogP contribution is 2.34. The zero-order chi connectivity index (χ0) is 43.6. The number of nitro benzene ring substituents is 1. The third kappa shape index (κ3) is 11.6. The molecule has 0 radical (unpaired) electrons. The van der Waals surface area contributed by atoms with Gasteiger partial charge in [-0.3, -0.25) is 19.8 Å². The van der Waals surface area contributed by atoms with E-state index in [2.05, 4.69) is 36.9 Å². The molecule has 2 saturated heterocycles. The number of amides is 1. The number of anilines is 2. The summed E-state index contributed by atoms with van der Waals surface area (Å²) >= 11 is 6.22. The Morgan fingerprint density at radius 2 is 1.65 bits per heavy atom. The molecule has 0 saturated carbocycles. The van der Waals surface area contributed by atoms with Crippen molar-refractivity contribution in [3.05, 3.63) is 135 Å². The Balaban J connectivity index is 1.06. The predicted molar refractivity (Wildman–Crippen MR) is 241 cm³/mol. The van der Waals surface area contributed by atoms with E-state index in [1.54, 1.807) is 36.4 Å². The lowest BCUT2D eigenvalue weighted by Gasteiger charge is -2.36. The van der Waals surface area contributed by atoms with Crippen LogP contribution >= 0.6 is 11.6 Å². The number of halogens is 1. The average Bonchev–Trinajstić information content (AvgIpc) is 3.27. The number of hydrogen-bond acceptors (Lipinski definition) is 12. The Hall–Kier alpha value is -5.71. The third-order valence-corrected chi connectivity index (χ3v) is 12.6. The van der Waals surface area contributed by atoms with Crippen LogP contribution in [0.5, 0.6) is 17.2 Å². The molecule has 0 atom stereocenters. The lowest BCUT2D eigenvalue weighted by atomic mass is 9.98. The molecule has 2 N–H and O–H groups in total. The summed E-state index contributed by atoms with van der Waals surface area (Å²) in [6, 6.07) is 31.6. The van der Waals surface area contributed by atoms with Crippen molar-refractivity contribution in [3.63, 3.8) is 0 Å². The van der Waals surface area contributed by atoms with Crippen LogP contribution in [0.15, 0.2) is 114 Å². The summed E-state index contributed by atoms with van der Waals surface area (Å²) < 4.78 is 47.0. The fourth-order valence-corrected chi connectivity index (χ4v) is 8.58. The summed E-state index contributed by atoms with van der Waals surface area (Å²) in [7, 11) is -0.508. The number of nitrogens with one attached hydrogen (secondary N) is 2. The second kappa shape index (κ2) is 20.4. The Labute approximate surface area is 367 Å². The first-order chi connectivity index (χ1) is 29.9. The van der Waals surface area contributed by atoms with E-state index in [1.807, 2.05) is 50.5 Å². The van der Waals surface area contributed by atoms with E-state index >= 15 is 0 Å². The standard InChI is InChI=1S/C46H51ClN6O8S/c1-50(2)24-27-60-39-13-16-41(34-8-10-36(47)11-9-34)35(28-39)32-51-20-22-52(23-21-51)37-12-15-42(45(29-37)61-38-6-4-3-5-7-38)46(54)49-62(57,58)40-14-17-43(44(30-40)53(55)56)48-31-33-18-25-59-26-19-33/h3-17,28-30,33,48H,18-27,31-32H2,1-2H3,(H,49,54). The van der Waals surface area contributed by atoms with E-state index in [9.17, 15) is 23.3 Å². The quantitative estimate of drug-likeness (QED) is 0.0689. The summed E-state index contributed by atoms with van der Waals surface area (Å²) in [5.41, 5.74) is 3.87. The number of hydrogen-bond donors (Lipinski definition) is 2. The number of carbonyl (C=O) groups is 1. The molecule has 16 heteroatoms. The van der Waals surface area contributed by atoms with Gasteiger partial charge in [0.15, 0.2) is 0 Å². The average molecular weight is 883 g/mol. The van der Waals surface area contributed by atoms with Crippen LogP contribution in [-0.2, 0) is 21.3 Å². The number of sulfonamides is 1. The number of ether oxygens (including phenoxy) is 3. The Kier molecular flexibility index (Phi) is 14.6. The first kappa shape index (κ1) is 44.3. The van der Waals surface area contributed by atoms with Crippen LogP contribution in [0.3, 0.4) is 0 Å².